The van der Waals surface area contributed by atoms with Crippen LogP contribution in [0.25, 0.3) is 0 Å². The van der Waals surface area contributed by atoms with E-state index in [9.17, 15) is 8.42 Å². The van der Waals surface area contributed by atoms with E-state index in [0.717, 1.165) is 19.3 Å². The Bertz CT molecular complexity index is 531. The van der Waals surface area contributed by atoms with Gasteiger partial charge in [-0.3, -0.25) is 5.10 Å². The minimum Gasteiger partial charge on any atom is -0.325 e. The Balaban J connectivity index is 2.17. The summed E-state index contributed by atoms with van der Waals surface area (Å²) in [5.74, 6) is 0. The molecule has 6 nitrogen and oxygen atoms in total. The van der Waals surface area contributed by atoms with E-state index in [-0.39, 0.29) is 16.9 Å². The second-order valence-corrected chi connectivity index (χ2v) is 6.71. The topological polar surface area (TPSA) is 101 Å². The lowest BCUT2D eigenvalue weighted by atomic mass is 10.1. The number of hydrogen-bond donors (Lipinski definition) is 3. The lowest BCUT2D eigenvalue weighted by Gasteiger charge is -2.14. The van der Waals surface area contributed by atoms with Crippen LogP contribution in [0.3, 0.4) is 0 Å². The van der Waals surface area contributed by atoms with Crippen LogP contribution in [-0.4, -0.2) is 25.2 Å². The van der Waals surface area contributed by atoms with Crippen molar-refractivity contribution in [3.63, 3.8) is 0 Å². The molecule has 0 amide bonds. The highest BCUT2D eigenvalue weighted by molar-refractivity contribution is 7.89. The van der Waals surface area contributed by atoms with Gasteiger partial charge in [-0.2, -0.15) is 5.10 Å². The molecular formula is C11H20N4O2S. The van der Waals surface area contributed by atoms with Crippen molar-refractivity contribution >= 4 is 10.0 Å². The van der Waals surface area contributed by atoms with E-state index in [4.69, 9.17) is 5.73 Å². The van der Waals surface area contributed by atoms with Crippen LogP contribution in [0.15, 0.2) is 4.90 Å². The first-order valence-electron chi connectivity index (χ1n) is 6.18. The quantitative estimate of drug-likeness (QED) is 0.707. The number of aromatic nitrogens is 2. The van der Waals surface area contributed by atoms with E-state index in [1.54, 1.807) is 6.92 Å². The predicted octanol–water partition coefficient (Wildman–Crippen LogP) is 0.645. The summed E-state index contributed by atoms with van der Waals surface area (Å²) < 4.78 is 27.2. The Hall–Kier alpha value is -0.920. The number of nitrogens with zero attached hydrogens (tertiary/aromatic N) is 1. The molecule has 0 unspecified atom stereocenters. The number of rotatable bonds is 6. The zero-order chi connectivity index (χ0) is 13.4. The third-order valence-electron chi connectivity index (χ3n) is 3.77. The SMILES string of the molecule is CCC1(CNS(=O)(=O)c2c(CN)n[nH]c2C)CC1. The van der Waals surface area contributed by atoms with E-state index < -0.39 is 10.0 Å². The van der Waals surface area contributed by atoms with E-state index >= 15 is 0 Å². The van der Waals surface area contributed by atoms with Crippen LogP contribution >= 0.6 is 0 Å². The van der Waals surface area contributed by atoms with Gasteiger partial charge in [0.15, 0.2) is 0 Å². The molecule has 4 N–H and O–H groups in total. The fourth-order valence-corrected chi connectivity index (χ4v) is 3.65. The summed E-state index contributed by atoms with van der Waals surface area (Å²) in [4.78, 5) is 0.205. The molecule has 0 atom stereocenters. The number of aryl methyl sites for hydroxylation is 1. The zero-order valence-corrected chi connectivity index (χ0v) is 11.6. The van der Waals surface area contributed by atoms with Crippen LogP contribution in [0.2, 0.25) is 0 Å². The maximum Gasteiger partial charge on any atom is 0.244 e. The van der Waals surface area contributed by atoms with Crippen molar-refractivity contribution in [2.24, 2.45) is 11.1 Å². The van der Waals surface area contributed by atoms with Gasteiger partial charge >= 0.3 is 0 Å². The summed E-state index contributed by atoms with van der Waals surface area (Å²) >= 11 is 0. The van der Waals surface area contributed by atoms with Crippen molar-refractivity contribution < 1.29 is 8.42 Å². The first kappa shape index (κ1) is 13.5. The average Bonchev–Trinajstić information content (AvgIpc) is 3.03. The fraction of sp³-hybridized carbons (Fsp3) is 0.727. The molecule has 2 rings (SSSR count). The van der Waals surface area contributed by atoms with Crippen LogP contribution in [0.5, 0.6) is 0 Å². The van der Waals surface area contributed by atoms with Crippen molar-refractivity contribution in [2.75, 3.05) is 6.54 Å². The molecule has 1 saturated carbocycles. The number of nitrogens with one attached hydrogen (secondary N) is 2. The first-order valence-corrected chi connectivity index (χ1v) is 7.66. The lowest BCUT2D eigenvalue weighted by Crippen LogP contribution is -2.31. The largest absolute Gasteiger partial charge is 0.325 e. The molecule has 1 aromatic rings. The molecule has 1 aromatic heterocycles. The van der Waals surface area contributed by atoms with Gasteiger partial charge in [0.1, 0.15) is 4.90 Å². The number of nitrogens with two attached hydrogens (primary N) is 1. The molecule has 1 fully saturated rings. The van der Waals surface area contributed by atoms with Crippen LogP contribution < -0.4 is 10.5 Å². The second kappa shape index (κ2) is 4.64. The van der Waals surface area contributed by atoms with Crippen molar-refractivity contribution in [1.82, 2.24) is 14.9 Å². The third kappa shape index (κ3) is 2.43. The average molecular weight is 272 g/mol. The highest BCUT2D eigenvalue weighted by atomic mass is 32.2. The van der Waals surface area contributed by atoms with Crippen molar-refractivity contribution in [3.8, 4) is 0 Å². The number of sulfonamides is 1. The summed E-state index contributed by atoms with van der Waals surface area (Å²) in [5.41, 5.74) is 6.60. The molecule has 0 aliphatic heterocycles. The Labute approximate surface area is 107 Å². The van der Waals surface area contributed by atoms with E-state index in [0.29, 0.717) is 17.9 Å². The monoisotopic (exact) mass is 272 g/mol. The van der Waals surface area contributed by atoms with Gasteiger partial charge in [-0.1, -0.05) is 6.92 Å². The first-order chi connectivity index (χ1) is 8.44. The van der Waals surface area contributed by atoms with Gasteiger partial charge in [0.25, 0.3) is 0 Å². The van der Waals surface area contributed by atoms with Gasteiger partial charge < -0.3 is 5.73 Å². The molecule has 102 valence electrons. The number of aromatic amines is 1. The van der Waals surface area contributed by atoms with Gasteiger partial charge in [-0.05, 0) is 31.6 Å². The van der Waals surface area contributed by atoms with E-state index in [1.807, 2.05) is 0 Å². The molecule has 18 heavy (non-hydrogen) atoms. The molecule has 1 aliphatic rings. The Morgan fingerprint density at radius 3 is 2.67 bits per heavy atom. The summed E-state index contributed by atoms with van der Waals surface area (Å²) in [5, 5.41) is 6.58. The third-order valence-corrected chi connectivity index (χ3v) is 5.37. The normalized spacial score (nSPS) is 17.9. The van der Waals surface area contributed by atoms with E-state index in [1.165, 1.54) is 0 Å². The molecule has 0 spiro atoms. The van der Waals surface area contributed by atoms with Crippen molar-refractivity contribution in [3.05, 3.63) is 11.4 Å². The van der Waals surface area contributed by atoms with Gasteiger partial charge in [-0.15, -0.1) is 0 Å². The molecule has 0 aromatic carbocycles. The zero-order valence-electron chi connectivity index (χ0n) is 10.8. The Morgan fingerprint density at radius 2 is 2.17 bits per heavy atom. The van der Waals surface area contributed by atoms with Crippen molar-refractivity contribution in [2.45, 2.75) is 44.6 Å². The minimum atomic E-state index is -3.52. The summed E-state index contributed by atoms with van der Waals surface area (Å²) in [7, 11) is -3.52. The standard InChI is InChI=1S/C11H20N4O2S/c1-3-11(4-5-11)7-13-18(16,17)10-8(2)14-15-9(10)6-12/h13H,3-7,12H2,1-2H3,(H,14,15). The molecular weight excluding hydrogens is 252 g/mol. The molecule has 1 heterocycles. The smallest absolute Gasteiger partial charge is 0.244 e. The number of H-pyrrole nitrogens is 1. The predicted molar refractivity (Wildman–Crippen MR) is 68.4 cm³/mol. The Kier molecular flexibility index (Phi) is 3.48. The second-order valence-electron chi connectivity index (χ2n) is 5.01. The van der Waals surface area contributed by atoms with Gasteiger partial charge in [0.05, 0.1) is 11.4 Å². The fourth-order valence-electron chi connectivity index (χ4n) is 2.12. The van der Waals surface area contributed by atoms with Crippen LogP contribution in [0, 0.1) is 12.3 Å². The van der Waals surface area contributed by atoms with Gasteiger partial charge in [-0.25, -0.2) is 13.1 Å². The van der Waals surface area contributed by atoms with E-state index in [2.05, 4.69) is 21.8 Å². The summed E-state index contributed by atoms with van der Waals surface area (Å²) in [6.07, 6.45) is 3.20. The van der Waals surface area contributed by atoms with Crippen LogP contribution in [0.1, 0.15) is 37.6 Å². The molecule has 1 aliphatic carbocycles. The molecule has 0 bridgehead atoms. The van der Waals surface area contributed by atoms with Gasteiger partial charge in [0.2, 0.25) is 10.0 Å². The van der Waals surface area contributed by atoms with Crippen LogP contribution in [0.4, 0.5) is 0 Å². The maximum absolute atomic E-state index is 12.3. The summed E-state index contributed by atoms with van der Waals surface area (Å²) in [6, 6.07) is 0. The molecule has 0 saturated heterocycles. The van der Waals surface area contributed by atoms with Gasteiger partial charge in [0, 0.05) is 13.1 Å². The Morgan fingerprint density at radius 1 is 1.50 bits per heavy atom. The highest BCUT2D eigenvalue weighted by Crippen LogP contribution is 2.48. The van der Waals surface area contributed by atoms with Crippen LogP contribution in [-0.2, 0) is 16.6 Å². The highest BCUT2D eigenvalue weighted by Gasteiger charge is 2.41. The molecule has 7 heteroatoms. The lowest BCUT2D eigenvalue weighted by molar-refractivity contribution is 0.475. The minimum absolute atomic E-state index is 0.111. The molecule has 0 radical (unpaired) electrons. The number of hydrogen-bond acceptors (Lipinski definition) is 4. The summed E-state index contributed by atoms with van der Waals surface area (Å²) in [6.45, 7) is 4.39. The maximum atomic E-state index is 12.3. The van der Waals surface area contributed by atoms with Crippen molar-refractivity contribution in [1.29, 1.82) is 0 Å².